The minimum Gasteiger partial charge on any atom is -0.325 e. The molecule has 0 radical (unpaired) electrons. The summed E-state index contributed by atoms with van der Waals surface area (Å²) in [5, 5.41) is 0. The smallest absolute Gasteiger partial charge is 0.0187 e. The molecule has 0 aromatic rings. The molecule has 1 aliphatic rings. The van der Waals surface area contributed by atoms with Gasteiger partial charge in [-0.25, -0.2) is 0 Å². The first-order chi connectivity index (χ1) is 9.99. The lowest BCUT2D eigenvalue weighted by molar-refractivity contribution is 0.0988. The van der Waals surface area contributed by atoms with Crippen LogP contribution in [-0.2, 0) is 0 Å². The van der Waals surface area contributed by atoms with Crippen LogP contribution in [0.4, 0.5) is 0 Å². The average molecular weight is 296 g/mol. The van der Waals surface area contributed by atoms with Crippen LogP contribution >= 0.6 is 0 Å². The van der Waals surface area contributed by atoms with E-state index in [-0.39, 0.29) is 5.54 Å². The number of hydrogen-bond donors (Lipinski definition) is 1. The highest BCUT2D eigenvalue weighted by atomic mass is 14.8. The maximum Gasteiger partial charge on any atom is 0.0187 e. The van der Waals surface area contributed by atoms with Crippen molar-refractivity contribution < 1.29 is 0 Å². The van der Waals surface area contributed by atoms with Crippen molar-refractivity contribution in [3.63, 3.8) is 0 Å². The summed E-state index contributed by atoms with van der Waals surface area (Å²) >= 11 is 0. The molecule has 126 valence electrons. The van der Waals surface area contributed by atoms with Crippen LogP contribution in [0.1, 0.15) is 105 Å². The Balaban J connectivity index is 2.23. The Morgan fingerprint density at radius 3 is 2.10 bits per heavy atom. The van der Waals surface area contributed by atoms with Crippen molar-refractivity contribution in [2.75, 3.05) is 0 Å². The van der Waals surface area contributed by atoms with Gasteiger partial charge in [-0.05, 0) is 37.0 Å². The van der Waals surface area contributed by atoms with Gasteiger partial charge in [0, 0.05) is 5.54 Å². The molecule has 1 heteroatoms. The molecule has 0 aliphatic heterocycles. The summed E-state index contributed by atoms with van der Waals surface area (Å²) in [7, 11) is 0. The van der Waals surface area contributed by atoms with Crippen LogP contribution in [0.5, 0.6) is 0 Å². The molecule has 0 heterocycles. The van der Waals surface area contributed by atoms with Gasteiger partial charge in [0.05, 0.1) is 0 Å². The number of unbranched alkanes of at least 4 members (excludes halogenated alkanes) is 7. The van der Waals surface area contributed by atoms with Crippen molar-refractivity contribution in [3.05, 3.63) is 0 Å². The van der Waals surface area contributed by atoms with Crippen LogP contribution in [0.3, 0.4) is 0 Å². The van der Waals surface area contributed by atoms with Crippen LogP contribution in [-0.4, -0.2) is 5.54 Å². The van der Waals surface area contributed by atoms with Gasteiger partial charge in [0.1, 0.15) is 0 Å². The third-order valence-corrected chi connectivity index (χ3v) is 5.74. The molecule has 2 N–H and O–H groups in total. The maximum atomic E-state index is 6.88. The number of nitrogens with two attached hydrogens (primary N) is 1. The molecule has 21 heavy (non-hydrogen) atoms. The summed E-state index contributed by atoms with van der Waals surface area (Å²) in [5.74, 6) is 2.33. The Morgan fingerprint density at radius 1 is 0.952 bits per heavy atom. The fraction of sp³-hybridized carbons (Fsp3) is 1.00. The Bertz CT molecular complexity index is 261. The second-order valence-corrected chi connectivity index (χ2v) is 8.20. The highest BCUT2D eigenvalue weighted by Gasteiger charge is 2.40. The van der Waals surface area contributed by atoms with Crippen LogP contribution < -0.4 is 5.73 Å². The summed E-state index contributed by atoms with van der Waals surface area (Å²) in [6.45, 7) is 9.43. The summed E-state index contributed by atoms with van der Waals surface area (Å²) in [5.41, 5.74) is 7.01. The van der Waals surface area contributed by atoms with E-state index in [0.717, 1.165) is 17.8 Å². The first kappa shape index (κ1) is 19.0. The normalized spacial score (nSPS) is 30.0. The van der Waals surface area contributed by atoms with E-state index in [1.165, 1.54) is 77.0 Å². The first-order valence-corrected chi connectivity index (χ1v) is 9.78. The second-order valence-electron chi connectivity index (χ2n) is 8.20. The molecule has 0 aromatic heterocycles. The van der Waals surface area contributed by atoms with E-state index < -0.39 is 0 Å². The summed E-state index contributed by atoms with van der Waals surface area (Å²) in [6.07, 6.45) is 16.5. The second kappa shape index (κ2) is 9.87. The van der Waals surface area contributed by atoms with E-state index >= 15 is 0 Å². The molecule has 0 amide bonds. The predicted molar refractivity (Wildman–Crippen MR) is 95.5 cm³/mol. The van der Waals surface area contributed by atoms with Crippen molar-refractivity contribution in [2.24, 2.45) is 23.5 Å². The van der Waals surface area contributed by atoms with E-state index in [1.807, 2.05) is 0 Å². The Kier molecular flexibility index (Phi) is 8.94. The highest BCUT2D eigenvalue weighted by molar-refractivity contribution is 4.97. The molecule has 1 fully saturated rings. The van der Waals surface area contributed by atoms with Gasteiger partial charge in [-0.3, -0.25) is 0 Å². The van der Waals surface area contributed by atoms with Gasteiger partial charge in [-0.2, -0.15) is 0 Å². The van der Waals surface area contributed by atoms with Crippen molar-refractivity contribution in [3.8, 4) is 0 Å². The zero-order valence-corrected chi connectivity index (χ0v) is 15.3. The Labute approximate surface area is 134 Å². The lowest BCUT2D eigenvalue weighted by Gasteiger charge is -2.46. The molecule has 0 bridgehead atoms. The first-order valence-electron chi connectivity index (χ1n) is 9.78. The number of rotatable bonds is 10. The fourth-order valence-corrected chi connectivity index (χ4v) is 4.53. The predicted octanol–water partition coefficient (Wildman–Crippen LogP) is 6.31. The standard InChI is InChI=1S/C20H41N/c1-5-6-7-8-9-10-11-12-15-20(21)16-18(4)13-14-19(20)17(2)3/h17-19H,5-16,21H2,1-4H3. The van der Waals surface area contributed by atoms with Crippen LogP contribution in [0.25, 0.3) is 0 Å². The Hall–Kier alpha value is -0.0400. The summed E-state index contributed by atoms with van der Waals surface area (Å²) < 4.78 is 0. The molecule has 1 aliphatic carbocycles. The van der Waals surface area contributed by atoms with E-state index in [1.54, 1.807) is 0 Å². The minimum atomic E-state index is 0.133. The molecule has 1 nitrogen and oxygen atoms in total. The highest BCUT2D eigenvalue weighted by Crippen LogP contribution is 2.42. The third-order valence-electron chi connectivity index (χ3n) is 5.74. The average Bonchev–Trinajstić information content (AvgIpc) is 2.41. The zero-order chi connectivity index (χ0) is 15.7. The Morgan fingerprint density at radius 2 is 1.52 bits per heavy atom. The molecular weight excluding hydrogens is 254 g/mol. The fourth-order valence-electron chi connectivity index (χ4n) is 4.53. The van der Waals surface area contributed by atoms with Gasteiger partial charge in [0.2, 0.25) is 0 Å². The third kappa shape index (κ3) is 6.72. The topological polar surface area (TPSA) is 26.0 Å². The lowest BCUT2D eigenvalue weighted by atomic mass is 9.63. The monoisotopic (exact) mass is 295 g/mol. The zero-order valence-electron chi connectivity index (χ0n) is 15.3. The molecular formula is C20H41N. The number of hydrogen-bond acceptors (Lipinski definition) is 1. The van der Waals surface area contributed by atoms with Crippen molar-refractivity contribution >= 4 is 0 Å². The van der Waals surface area contributed by atoms with E-state index in [4.69, 9.17) is 5.73 Å². The van der Waals surface area contributed by atoms with Gasteiger partial charge in [-0.1, -0.05) is 85.5 Å². The van der Waals surface area contributed by atoms with Crippen molar-refractivity contribution in [1.29, 1.82) is 0 Å². The van der Waals surface area contributed by atoms with Gasteiger partial charge in [0.15, 0.2) is 0 Å². The van der Waals surface area contributed by atoms with Crippen molar-refractivity contribution in [1.82, 2.24) is 0 Å². The van der Waals surface area contributed by atoms with Crippen LogP contribution in [0.15, 0.2) is 0 Å². The molecule has 0 spiro atoms. The molecule has 0 aromatic carbocycles. The molecule has 0 saturated heterocycles. The van der Waals surface area contributed by atoms with E-state index in [0.29, 0.717) is 0 Å². The summed E-state index contributed by atoms with van der Waals surface area (Å²) in [6, 6.07) is 0. The van der Waals surface area contributed by atoms with Crippen LogP contribution in [0, 0.1) is 17.8 Å². The maximum absolute atomic E-state index is 6.88. The van der Waals surface area contributed by atoms with Crippen LogP contribution in [0.2, 0.25) is 0 Å². The van der Waals surface area contributed by atoms with Gasteiger partial charge >= 0.3 is 0 Å². The minimum absolute atomic E-state index is 0.133. The SMILES string of the molecule is CCCCCCCCCCC1(N)CC(C)CCC1C(C)C. The molecule has 3 unspecified atom stereocenters. The largest absolute Gasteiger partial charge is 0.325 e. The molecule has 1 rings (SSSR count). The van der Waals surface area contributed by atoms with E-state index in [9.17, 15) is 0 Å². The van der Waals surface area contributed by atoms with Gasteiger partial charge in [-0.15, -0.1) is 0 Å². The van der Waals surface area contributed by atoms with Gasteiger partial charge < -0.3 is 5.73 Å². The molecule has 3 atom stereocenters. The molecule has 1 saturated carbocycles. The summed E-state index contributed by atoms with van der Waals surface area (Å²) in [4.78, 5) is 0. The van der Waals surface area contributed by atoms with E-state index in [2.05, 4.69) is 27.7 Å². The lowest BCUT2D eigenvalue weighted by Crippen LogP contribution is -2.52. The van der Waals surface area contributed by atoms with Crippen molar-refractivity contribution in [2.45, 2.75) is 110 Å². The van der Waals surface area contributed by atoms with Gasteiger partial charge in [0.25, 0.3) is 0 Å². The quantitative estimate of drug-likeness (QED) is 0.470.